The Labute approximate surface area is 125 Å². The van der Waals surface area contributed by atoms with Crippen molar-refractivity contribution in [1.82, 2.24) is 0 Å². The summed E-state index contributed by atoms with van der Waals surface area (Å²) < 4.78 is 34.7. The summed E-state index contributed by atoms with van der Waals surface area (Å²) in [6.45, 7) is 1.07. The van der Waals surface area contributed by atoms with Gasteiger partial charge in [0.25, 0.3) is 9.05 Å². The van der Waals surface area contributed by atoms with Gasteiger partial charge >= 0.3 is 0 Å². The van der Waals surface area contributed by atoms with Crippen LogP contribution in [0.5, 0.6) is 5.75 Å². The van der Waals surface area contributed by atoms with Gasteiger partial charge in [-0.15, -0.1) is 0 Å². The van der Waals surface area contributed by atoms with E-state index in [1.165, 1.54) is 6.07 Å². The molecule has 0 spiro atoms. The van der Waals surface area contributed by atoms with Crippen molar-refractivity contribution in [1.29, 1.82) is 0 Å². The minimum atomic E-state index is -3.83. The van der Waals surface area contributed by atoms with Gasteiger partial charge < -0.3 is 9.47 Å². The van der Waals surface area contributed by atoms with Gasteiger partial charge in [-0.1, -0.05) is 15.9 Å². The predicted octanol–water partition coefficient (Wildman–Crippen LogP) is 3.32. The van der Waals surface area contributed by atoms with E-state index in [1.807, 2.05) is 0 Å². The summed E-state index contributed by atoms with van der Waals surface area (Å²) in [7, 11) is 1.56. The summed E-state index contributed by atoms with van der Waals surface area (Å²) >= 11 is 3.21. The van der Waals surface area contributed by atoms with Gasteiger partial charge in [0.05, 0.1) is 6.10 Å². The van der Waals surface area contributed by atoms with E-state index in [0.717, 1.165) is 25.9 Å². The van der Waals surface area contributed by atoms with Crippen LogP contribution in [0.2, 0.25) is 0 Å². The molecule has 2 rings (SSSR count). The lowest BCUT2D eigenvalue weighted by Crippen LogP contribution is -2.26. The molecule has 0 amide bonds. The van der Waals surface area contributed by atoms with Crippen LogP contribution >= 0.6 is 26.6 Å². The number of ether oxygens (including phenoxy) is 2. The van der Waals surface area contributed by atoms with Crippen LogP contribution in [0, 0.1) is 0 Å². The van der Waals surface area contributed by atoms with Crippen molar-refractivity contribution in [3.8, 4) is 5.75 Å². The number of benzene rings is 1. The Bertz CT molecular complexity index is 541. The molecule has 0 saturated carbocycles. The molecule has 106 valence electrons. The first kappa shape index (κ1) is 15.1. The minimum absolute atomic E-state index is 0.0169. The molecule has 19 heavy (non-hydrogen) atoms. The smallest absolute Gasteiger partial charge is 0.265 e. The first-order valence-corrected chi connectivity index (χ1v) is 9.05. The lowest BCUT2D eigenvalue weighted by molar-refractivity contribution is -0.0116. The summed E-state index contributed by atoms with van der Waals surface area (Å²) in [6, 6.07) is 4.73. The van der Waals surface area contributed by atoms with Crippen molar-refractivity contribution in [3.05, 3.63) is 22.7 Å². The molecule has 0 aromatic heterocycles. The molecular weight excluding hydrogens is 356 g/mol. The highest BCUT2D eigenvalue weighted by Gasteiger charge is 2.20. The normalized spacial score (nSPS) is 20.2. The zero-order valence-electron chi connectivity index (χ0n) is 10.1. The van der Waals surface area contributed by atoms with Gasteiger partial charge in [0, 0.05) is 21.8 Å². The van der Waals surface area contributed by atoms with Crippen LogP contribution in [-0.4, -0.2) is 27.7 Å². The number of rotatable bonds is 4. The molecule has 1 aromatic rings. The van der Waals surface area contributed by atoms with Crippen molar-refractivity contribution in [3.63, 3.8) is 0 Å². The van der Waals surface area contributed by atoms with E-state index in [0.29, 0.717) is 11.1 Å². The number of hydrogen-bond donors (Lipinski definition) is 0. The third kappa shape index (κ3) is 4.34. The monoisotopic (exact) mass is 368 g/mol. The zero-order chi connectivity index (χ0) is 13.9. The van der Waals surface area contributed by atoms with E-state index in [2.05, 4.69) is 15.9 Å². The molecule has 0 bridgehead atoms. The molecule has 1 aliphatic heterocycles. The second-order valence-corrected chi connectivity index (χ2v) is 7.78. The van der Waals surface area contributed by atoms with Gasteiger partial charge in [-0.25, -0.2) is 8.42 Å². The van der Waals surface area contributed by atoms with Crippen LogP contribution in [0.15, 0.2) is 27.6 Å². The second kappa shape index (κ2) is 6.43. The molecule has 1 heterocycles. The van der Waals surface area contributed by atoms with Crippen LogP contribution in [0.1, 0.15) is 19.3 Å². The van der Waals surface area contributed by atoms with Gasteiger partial charge in [-0.2, -0.15) is 0 Å². The first-order chi connectivity index (χ1) is 8.97. The molecule has 1 unspecified atom stereocenters. The molecule has 1 fully saturated rings. The maximum Gasteiger partial charge on any atom is 0.265 e. The highest BCUT2D eigenvalue weighted by Crippen LogP contribution is 2.30. The molecule has 0 aliphatic carbocycles. The number of halogens is 2. The third-order valence-corrected chi connectivity index (χ3v) is 4.70. The maximum atomic E-state index is 11.5. The van der Waals surface area contributed by atoms with Gasteiger partial charge in [-0.3, -0.25) is 0 Å². The van der Waals surface area contributed by atoms with E-state index in [-0.39, 0.29) is 16.7 Å². The van der Waals surface area contributed by atoms with Crippen LogP contribution in [0.3, 0.4) is 0 Å². The maximum absolute atomic E-state index is 11.5. The Morgan fingerprint density at radius 3 is 2.84 bits per heavy atom. The third-order valence-electron chi connectivity index (χ3n) is 2.87. The Hall–Kier alpha value is -0.300. The molecule has 4 nitrogen and oxygen atoms in total. The molecule has 0 N–H and O–H groups in total. The van der Waals surface area contributed by atoms with Crippen LogP contribution in [0.4, 0.5) is 0 Å². The lowest BCUT2D eigenvalue weighted by Gasteiger charge is -2.23. The van der Waals surface area contributed by atoms with Crippen molar-refractivity contribution in [2.75, 3.05) is 13.2 Å². The molecule has 1 atom stereocenters. The Balaban J connectivity index is 2.11. The molecule has 1 aliphatic rings. The fourth-order valence-electron chi connectivity index (χ4n) is 1.91. The summed E-state index contributed by atoms with van der Waals surface area (Å²) in [5.41, 5.74) is 0. The minimum Gasteiger partial charge on any atom is -0.489 e. The summed E-state index contributed by atoms with van der Waals surface area (Å²) in [5, 5.41) is 0. The predicted molar refractivity (Wildman–Crippen MR) is 76.3 cm³/mol. The highest BCUT2D eigenvalue weighted by molar-refractivity contribution is 9.10. The Morgan fingerprint density at radius 1 is 1.42 bits per heavy atom. The van der Waals surface area contributed by atoms with Gasteiger partial charge in [-0.05, 0) is 37.5 Å². The largest absolute Gasteiger partial charge is 0.489 e. The van der Waals surface area contributed by atoms with Gasteiger partial charge in [0.1, 0.15) is 17.3 Å². The molecule has 1 aromatic carbocycles. The van der Waals surface area contributed by atoms with Crippen LogP contribution in [0.25, 0.3) is 0 Å². The van der Waals surface area contributed by atoms with Gasteiger partial charge in [0.2, 0.25) is 0 Å². The summed E-state index contributed by atoms with van der Waals surface area (Å²) in [5.74, 6) is 0.257. The van der Waals surface area contributed by atoms with E-state index in [9.17, 15) is 8.42 Å². The fraction of sp³-hybridized carbons (Fsp3) is 0.500. The highest BCUT2D eigenvalue weighted by atomic mass is 79.9. The van der Waals surface area contributed by atoms with Crippen molar-refractivity contribution in [2.24, 2.45) is 0 Å². The van der Waals surface area contributed by atoms with Crippen molar-refractivity contribution in [2.45, 2.75) is 30.3 Å². The quantitative estimate of drug-likeness (QED) is 0.764. The van der Waals surface area contributed by atoms with Crippen LogP contribution < -0.4 is 4.74 Å². The summed E-state index contributed by atoms with van der Waals surface area (Å²) in [4.78, 5) is -0.0284. The average Bonchev–Trinajstić information content (AvgIpc) is 2.37. The van der Waals surface area contributed by atoms with E-state index in [1.54, 1.807) is 12.1 Å². The molecular formula is C12H14BrClO4S. The van der Waals surface area contributed by atoms with Gasteiger partial charge in [0.15, 0.2) is 0 Å². The number of hydrogen-bond acceptors (Lipinski definition) is 4. The zero-order valence-corrected chi connectivity index (χ0v) is 13.3. The molecule has 7 heteroatoms. The van der Waals surface area contributed by atoms with E-state index >= 15 is 0 Å². The van der Waals surface area contributed by atoms with Crippen LogP contribution in [-0.2, 0) is 13.8 Å². The second-order valence-electron chi connectivity index (χ2n) is 4.33. The SMILES string of the molecule is O=S(=O)(Cl)c1cc(Br)ccc1OCC1CCCCO1. The molecule has 0 radical (unpaired) electrons. The average molecular weight is 370 g/mol. The standard InChI is InChI=1S/C12H14BrClO4S/c13-9-4-5-11(12(7-9)19(14,15)16)18-8-10-3-1-2-6-17-10/h4-5,7,10H,1-3,6,8H2. The fourth-order valence-corrected chi connectivity index (χ4v) is 3.42. The van der Waals surface area contributed by atoms with Crippen molar-refractivity contribution >= 4 is 35.7 Å². The van der Waals surface area contributed by atoms with E-state index < -0.39 is 9.05 Å². The Kier molecular flexibility index (Phi) is 5.11. The lowest BCUT2D eigenvalue weighted by atomic mass is 10.1. The van der Waals surface area contributed by atoms with E-state index in [4.69, 9.17) is 20.2 Å². The Morgan fingerprint density at radius 2 is 2.21 bits per heavy atom. The molecule has 1 saturated heterocycles. The summed E-state index contributed by atoms with van der Waals surface area (Å²) in [6.07, 6.45) is 3.12. The van der Waals surface area contributed by atoms with Crippen molar-refractivity contribution < 1.29 is 17.9 Å². The topological polar surface area (TPSA) is 52.6 Å². The first-order valence-electron chi connectivity index (χ1n) is 5.95.